The Balaban J connectivity index is 1.88. The number of amides is 1. The molecule has 3 atom stereocenters. The number of unbranched alkanes of at least 4 members (excludes halogenated alkanes) is 12. The minimum absolute atomic E-state index is 0.0364. The monoisotopic (exact) mass is 369 g/mol. The van der Waals surface area contributed by atoms with Gasteiger partial charge in [0.05, 0.1) is 12.7 Å². The standard InChI is InChI=1S/C22H43NO3/c1-4-5-6-7-8-9-10-11-12-13-14-15-16-17-20-22(3,26-20)21(25)23-19(2)18-24/h19-20,24H,4-18H2,1-3H3,(H,23,25)/t19-,20+,22+/m0/s1. The van der Waals surface area contributed by atoms with E-state index in [-0.39, 0.29) is 24.7 Å². The van der Waals surface area contributed by atoms with Crippen molar-refractivity contribution in [3.63, 3.8) is 0 Å². The van der Waals surface area contributed by atoms with Gasteiger partial charge in [-0.1, -0.05) is 90.4 Å². The highest BCUT2D eigenvalue weighted by Crippen LogP contribution is 2.39. The highest BCUT2D eigenvalue weighted by molar-refractivity contribution is 5.88. The fourth-order valence-electron chi connectivity index (χ4n) is 3.56. The Labute approximate surface area is 161 Å². The average molecular weight is 370 g/mol. The van der Waals surface area contributed by atoms with Crippen LogP contribution < -0.4 is 5.32 Å². The maximum atomic E-state index is 12.1. The smallest absolute Gasteiger partial charge is 0.254 e. The molecular formula is C22H43NO3. The van der Waals surface area contributed by atoms with Crippen molar-refractivity contribution in [2.75, 3.05) is 6.61 Å². The van der Waals surface area contributed by atoms with E-state index in [0.717, 1.165) is 12.8 Å². The molecule has 1 rings (SSSR count). The second-order valence-corrected chi connectivity index (χ2v) is 8.30. The summed E-state index contributed by atoms with van der Waals surface area (Å²) >= 11 is 0. The lowest BCUT2D eigenvalue weighted by molar-refractivity contribution is -0.126. The summed E-state index contributed by atoms with van der Waals surface area (Å²) in [6.07, 6.45) is 18.6. The van der Waals surface area contributed by atoms with Gasteiger partial charge in [0.1, 0.15) is 0 Å². The van der Waals surface area contributed by atoms with Crippen LogP contribution in [-0.4, -0.2) is 35.4 Å². The molecule has 154 valence electrons. The van der Waals surface area contributed by atoms with E-state index in [0.29, 0.717) is 0 Å². The molecule has 4 heteroatoms. The summed E-state index contributed by atoms with van der Waals surface area (Å²) < 4.78 is 5.63. The van der Waals surface area contributed by atoms with Crippen molar-refractivity contribution in [3.05, 3.63) is 0 Å². The summed E-state index contributed by atoms with van der Waals surface area (Å²) in [6.45, 7) is 5.89. The fraction of sp³-hybridized carbons (Fsp3) is 0.955. The first kappa shape index (κ1) is 23.4. The minimum atomic E-state index is -0.666. The molecule has 0 aromatic rings. The third-order valence-electron chi connectivity index (χ3n) is 5.62. The lowest BCUT2D eigenvalue weighted by atomic mass is 10.00. The molecule has 1 amide bonds. The van der Waals surface area contributed by atoms with Crippen molar-refractivity contribution in [1.29, 1.82) is 0 Å². The zero-order chi connectivity index (χ0) is 19.3. The maximum absolute atomic E-state index is 12.1. The van der Waals surface area contributed by atoms with E-state index in [9.17, 15) is 4.79 Å². The van der Waals surface area contributed by atoms with Crippen LogP contribution in [0.4, 0.5) is 0 Å². The van der Waals surface area contributed by atoms with Crippen LogP contribution in [0.25, 0.3) is 0 Å². The van der Waals surface area contributed by atoms with Crippen molar-refractivity contribution in [2.24, 2.45) is 0 Å². The van der Waals surface area contributed by atoms with E-state index in [1.54, 1.807) is 6.92 Å². The SMILES string of the molecule is CCCCCCCCCCCCCCC[C@H]1O[C@@]1(C)C(=O)N[C@@H](C)CO. The zero-order valence-electron chi connectivity index (χ0n) is 17.5. The summed E-state index contributed by atoms with van der Waals surface area (Å²) in [5.41, 5.74) is -0.666. The minimum Gasteiger partial charge on any atom is -0.394 e. The highest BCUT2D eigenvalue weighted by atomic mass is 16.6. The normalized spacial score (nSPS) is 23.0. The molecule has 0 radical (unpaired) electrons. The number of rotatable bonds is 17. The van der Waals surface area contributed by atoms with Gasteiger partial charge in [-0.05, 0) is 20.3 Å². The summed E-state index contributed by atoms with van der Waals surface area (Å²) in [5.74, 6) is -0.0845. The lowest BCUT2D eigenvalue weighted by Gasteiger charge is -2.13. The third kappa shape index (κ3) is 9.36. The van der Waals surface area contributed by atoms with Crippen LogP contribution in [0.1, 0.15) is 111 Å². The predicted molar refractivity (Wildman–Crippen MR) is 108 cm³/mol. The summed E-state index contributed by atoms with van der Waals surface area (Å²) in [6, 6.07) is -0.208. The van der Waals surface area contributed by atoms with Crippen LogP contribution in [0.5, 0.6) is 0 Å². The number of aliphatic hydroxyl groups is 1. The van der Waals surface area contributed by atoms with Gasteiger partial charge >= 0.3 is 0 Å². The van der Waals surface area contributed by atoms with E-state index in [4.69, 9.17) is 9.84 Å². The molecule has 1 aliphatic rings. The van der Waals surface area contributed by atoms with E-state index >= 15 is 0 Å². The van der Waals surface area contributed by atoms with Crippen molar-refractivity contribution in [2.45, 2.75) is 128 Å². The number of hydrogen-bond acceptors (Lipinski definition) is 3. The first-order valence-electron chi connectivity index (χ1n) is 11.1. The predicted octanol–water partition coefficient (Wildman–Crippen LogP) is 5.12. The van der Waals surface area contributed by atoms with E-state index in [1.165, 1.54) is 77.0 Å². The van der Waals surface area contributed by atoms with Gasteiger partial charge in [0.25, 0.3) is 5.91 Å². The van der Waals surface area contributed by atoms with Crippen molar-refractivity contribution < 1.29 is 14.6 Å². The van der Waals surface area contributed by atoms with Crippen molar-refractivity contribution >= 4 is 5.91 Å². The van der Waals surface area contributed by atoms with Crippen molar-refractivity contribution in [1.82, 2.24) is 5.32 Å². The van der Waals surface area contributed by atoms with E-state index in [2.05, 4.69) is 12.2 Å². The van der Waals surface area contributed by atoms with Crippen LogP contribution >= 0.6 is 0 Å². The summed E-state index contributed by atoms with van der Waals surface area (Å²) in [5, 5.41) is 11.8. The van der Waals surface area contributed by atoms with Gasteiger partial charge in [0.15, 0.2) is 5.60 Å². The molecule has 0 aliphatic carbocycles. The Morgan fingerprint density at radius 3 is 1.88 bits per heavy atom. The first-order valence-corrected chi connectivity index (χ1v) is 11.1. The Bertz CT molecular complexity index is 374. The summed E-state index contributed by atoms with van der Waals surface area (Å²) in [7, 11) is 0. The molecule has 26 heavy (non-hydrogen) atoms. The van der Waals surface area contributed by atoms with Gasteiger partial charge < -0.3 is 15.2 Å². The van der Waals surface area contributed by atoms with Gasteiger partial charge in [-0.15, -0.1) is 0 Å². The van der Waals surface area contributed by atoms with Crippen LogP contribution in [0.3, 0.4) is 0 Å². The van der Waals surface area contributed by atoms with Crippen molar-refractivity contribution in [3.8, 4) is 0 Å². The quantitative estimate of drug-likeness (QED) is 0.276. The molecule has 4 nitrogen and oxygen atoms in total. The van der Waals surface area contributed by atoms with Crippen LogP contribution in [0.2, 0.25) is 0 Å². The Kier molecular flexibility index (Phi) is 12.2. The number of nitrogens with one attached hydrogen (secondary N) is 1. The molecule has 0 aromatic carbocycles. The van der Waals surface area contributed by atoms with E-state index < -0.39 is 5.60 Å². The fourth-order valence-corrected chi connectivity index (χ4v) is 3.56. The van der Waals surface area contributed by atoms with Gasteiger partial charge in [-0.3, -0.25) is 4.79 Å². The number of hydrogen-bond donors (Lipinski definition) is 2. The molecule has 1 aliphatic heterocycles. The maximum Gasteiger partial charge on any atom is 0.254 e. The topological polar surface area (TPSA) is 61.9 Å². The molecule has 0 spiro atoms. The first-order chi connectivity index (χ1) is 12.5. The number of epoxide rings is 1. The second-order valence-electron chi connectivity index (χ2n) is 8.30. The Morgan fingerprint density at radius 1 is 0.962 bits per heavy atom. The third-order valence-corrected chi connectivity index (χ3v) is 5.62. The highest BCUT2D eigenvalue weighted by Gasteiger charge is 2.57. The molecular weight excluding hydrogens is 326 g/mol. The average Bonchev–Trinajstić information content (AvgIpc) is 3.30. The van der Waals surface area contributed by atoms with Crippen LogP contribution in [0, 0.1) is 0 Å². The van der Waals surface area contributed by atoms with Gasteiger partial charge in [-0.2, -0.15) is 0 Å². The summed E-state index contributed by atoms with van der Waals surface area (Å²) in [4.78, 5) is 12.1. The van der Waals surface area contributed by atoms with E-state index in [1.807, 2.05) is 6.92 Å². The second kappa shape index (κ2) is 13.5. The zero-order valence-corrected chi connectivity index (χ0v) is 17.5. The molecule has 1 fully saturated rings. The van der Waals surface area contributed by atoms with Gasteiger partial charge in [-0.25, -0.2) is 0 Å². The molecule has 1 saturated heterocycles. The molecule has 0 saturated carbocycles. The number of carbonyl (C=O) groups is 1. The Morgan fingerprint density at radius 2 is 1.42 bits per heavy atom. The molecule has 0 unspecified atom stereocenters. The number of aliphatic hydroxyl groups excluding tert-OH is 1. The molecule has 0 bridgehead atoms. The largest absolute Gasteiger partial charge is 0.394 e. The number of carbonyl (C=O) groups excluding carboxylic acids is 1. The van der Waals surface area contributed by atoms with Gasteiger partial charge in [0.2, 0.25) is 0 Å². The Hall–Kier alpha value is -0.610. The van der Waals surface area contributed by atoms with Gasteiger partial charge in [0, 0.05) is 6.04 Å². The lowest BCUT2D eigenvalue weighted by Crippen LogP contribution is -2.43. The number of ether oxygens (including phenoxy) is 1. The molecule has 1 heterocycles. The van der Waals surface area contributed by atoms with Crippen LogP contribution in [-0.2, 0) is 9.53 Å². The van der Waals surface area contributed by atoms with Crippen LogP contribution in [0.15, 0.2) is 0 Å². The molecule has 2 N–H and O–H groups in total. The molecule has 0 aromatic heterocycles.